The zero-order valence-corrected chi connectivity index (χ0v) is 11.4. The summed E-state index contributed by atoms with van der Waals surface area (Å²) in [7, 11) is 1.66. The summed E-state index contributed by atoms with van der Waals surface area (Å²) in [5.74, 6) is 0.0342. The fraction of sp³-hybridized carbons (Fsp3) is 0.923. The summed E-state index contributed by atoms with van der Waals surface area (Å²) in [5, 5.41) is 5.91. The predicted molar refractivity (Wildman–Crippen MR) is 70.6 cm³/mol. The maximum absolute atomic E-state index is 11.4. The number of rotatable bonds is 10. The van der Waals surface area contributed by atoms with Gasteiger partial charge in [-0.3, -0.25) is 4.79 Å². The number of ether oxygens (including phenoxy) is 2. The van der Waals surface area contributed by atoms with Crippen molar-refractivity contribution in [1.29, 1.82) is 0 Å². The monoisotopic (exact) mass is 258 g/mol. The molecule has 1 saturated carbocycles. The Morgan fingerprint density at radius 1 is 1.22 bits per heavy atom. The van der Waals surface area contributed by atoms with E-state index in [2.05, 4.69) is 10.6 Å². The second kappa shape index (κ2) is 10.3. The summed E-state index contributed by atoms with van der Waals surface area (Å²) in [6, 6.07) is 0. The lowest BCUT2D eigenvalue weighted by molar-refractivity contribution is -0.120. The number of hydrogen-bond acceptors (Lipinski definition) is 4. The Balaban J connectivity index is 1.82. The van der Waals surface area contributed by atoms with E-state index in [1.54, 1.807) is 7.11 Å². The molecule has 106 valence electrons. The van der Waals surface area contributed by atoms with E-state index in [1.807, 2.05) is 0 Å². The van der Waals surface area contributed by atoms with Gasteiger partial charge >= 0.3 is 0 Å². The van der Waals surface area contributed by atoms with Gasteiger partial charge in [0, 0.05) is 26.8 Å². The molecule has 0 aliphatic heterocycles. The normalized spacial score (nSPS) is 16.1. The molecule has 1 aliphatic carbocycles. The quantitative estimate of drug-likeness (QED) is 0.566. The van der Waals surface area contributed by atoms with E-state index >= 15 is 0 Å². The molecule has 18 heavy (non-hydrogen) atoms. The van der Waals surface area contributed by atoms with Crippen LogP contribution >= 0.6 is 0 Å². The number of hydrogen-bond donors (Lipinski definition) is 2. The minimum Gasteiger partial charge on any atom is -0.385 e. The first-order chi connectivity index (χ1) is 8.83. The third-order valence-electron chi connectivity index (χ3n) is 3.07. The van der Waals surface area contributed by atoms with E-state index in [4.69, 9.17) is 9.47 Å². The van der Waals surface area contributed by atoms with E-state index in [0.29, 0.717) is 32.4 Å². The Hall–Kier alpha value is -0.650. The molecule has 0 saturated heterocycles. The zero-order valence-electron chi connectivity index (χ0n) is 11.4. The van der Waals surface area contributed by atoms with Crippen LogP contribution in [0.15, 0.2) is 0 Å². The minimum absolute atomic E-state index is 0.0342. The average molecular weight is 258 g/mol. The molecule has 0 heterocycles. The number of amides is 1. The average Bonchev–Trinajstić information content (AvgIpc) is 2.87. The van der Waals surface area contributed by atoms with Gasteiger partial charge in [0.2, 0.25) is 5.91 Å². The maximum atomic E-state index is 11.4. The number of carbonyl (C=O) groups is 1. The fourth-order valence-electron chi connectivity index (χ4n) is 2.06. The van der Waals surface area contributed by atoms with Gasteiger partial charge in [-0.05, 0) is 19.3 Å². The predicted octanol–water partition coefficient (Wildman–Crippen LogP) is 0.688. The SMILES string of the molecule is COCCCNC(=O)CNCCOC1CCCC1. The molecule has 0 radical (unpaired) electrons. The molecule has 5 nitrogen and oxygen atoms in total. The third kappa shape index (κ3) is 7.63. The molecule has 0 aromatic carbocycles. The van der Waals surface area contributed by atoms with Crippen LogP contribution in [0.1, 0.15) is 32.1 Å². The smallest absolute Gasteiger partial charge is 0.233 e. The molecule has 0 bridgehead atoms. The Morgan fingerprint density at radius 2 is 2.00 bits per heavy atom. The summed E-state index contributed by atoms with van der Waals surface area (Å²) >= 11 is 0. The highest BCUT2D eigenvalue weighted by Crippen LogP contribution is 2.20. The molecule has 0 aromatic rings. The molecule has 1 fully saturated rings. The van der Waals surface area contributed by atoms with Crippen LogP contribution in [-0.2, 0) is 14.3 Å². The van der Waals surface area contributed by atoms with Crippen LogP contribution in [0.4, 0.5) is 0 Å². The lowest BCUT2D eigenvalue weighted by Gasteiger charge is -2.11. The number of carbonyl (C=O) groups excluding carboxylic acids is 1. The second-order valence-electron chi connectivity index (χ2n) is 4.65. The van der Waals surface area contributed by atoms with Crippen molar-refractivity contribution < 1.29 is 14.3 Å². The van der Waals surface area contributed by atoms with Crippen molar-refractivity contribution in [3.05, 3.63) is 0 Å². The van der Waals surface area contributed by atoms with E-state index in [-0.39, 0.29) is 5.91 Å². The minimum atomic E-state index is 0.0342. The molecule has 0 unspecified atom stereocenters. The highest BCUT2D eigenvalue weighted by Gasteiger charge is 2.14. The van der Waals surface area contributed by atoms with Gasteiger partial charge in [0.1, 0.15) is 0 Å². The molecule has 0 spiro atoms. The van der Waals surface area contributed by atoms with Crippen LogP contribution < -0.4 is 10.6 Å². The summed E-state index contributed by atoms with van der Waals surface area (Å²) in [5.41, 5.74) is 0. The molecule has 5 heteroatoms. The first kappa shape index (κ1) is 15.4. The van der Waals surface area contributed by atoms with Crippen molar-refractivity contribution in [2.45, 2.75) is 38.2 Å². The van der Waals surface area contributed by atoms with Gasteiger partial charge in [-0.1, -0.05) is 12.8 Å². The van der Waals surface area contributed by atoms with Crippen LogP contribution in [-0.4, -0.2) is 52.0 Å². The lowest BCUT2D eigenvalue weighted by Crippen LogP contribution is -2.36. The standard InChI is InChI=1S/C13H26N2O3/c1-17-9-4-7-15-13(16)11-14-8-10-18-12-5-2-3-6-12/h12,14H,2-11H2,1H3,(H,15,16). The summed E-state index contributed by atoms with van der Waals surface area (Å²) in [6.45, 7) is 3.15. The van der Waals surface area contributed by atoms with Gasteiger partial charge in [0.05, 0.1) is 19.3 Å². The first-order valence-electron chi connectivity index (χ1n) is 6.91. The topological polar surface area (TPSA) is 59.6 Å². The maximum Gasteiger partial charge on any atom is 0.233 e. The zero-order chi connectivity index (χ0) is 13.1. The third-order valence-corrected chi connectivity index (χ3v) is 3.07. The molecule has 0 atom stereocenters. The molecule has 2 N–H and O–H groups in total. The van der Waals surface area contributed by atoms with Gasteiger partial charge in [-0.15, -0.1) is 0 Å². The van der Waals surface area contributed by atoms with Gasteiger partial charge in [0.15, 0.2) is 0 Å². The Labute approximate surface area is 110 Å². The first-order valence-corrected chi connectivity index (χ1v) is 6.91. The van der Waals surface area contributed by atoms with Gasteiger partial charge in [0.25, 0.3) is 0 Å². The van der Waals surface area contributed by atoms with Crippen molar-refractivity contribution >= 4 is 5.91 Å². The van der Waals surface area contributed by atoms with Crippen molar-refractivity contribution in [1.82, 2.24) is 10.6 Å². The molecule has 1 amide bonds. The van der Waals surface area contributed by atoms with Crippen molar-refractivity contribution in [3.63, 3.8) is 0 Å². The van der Waals surface area contributed by atoms with Crippen molar-refractivity contribution in [2.75, 3.05) is 40.0 Å². The van der Waals surface area contributed by atoms with E-state index in [0.717, 1.165) is 13.0 Å². The van der Waals surface area contributed by atoms with Gasteiger partial charge in [-0.2, -0.15) is 0 Å². The summed E-state index contributed by atoms with van der Waals surface area (Å²) in [4.78, 5) is 11.4. The highest BCUT2D eigenvalue weighted by molar-refractivity contribution is 5.77. The van der Waals surface area contributed by atoms with E-state index < -0.39 is 0 Å². The molecule has 1 rings (SSSR count). The second-order valence-corrected chi connectivity index (χ2v) is 4.65. The van der Waals surface area contributed by atoms with E-state index in [1.165, 1.54) is 25.7 Å². The van der Waals surface area contributed by atoms with Crippen LogP contribution in [0.25, 0.3) is 0 Å². The van der Waals surface area contributed by atoms with Crippen LogP contribution in [0.5, 0.6) is 0 Å². The number of methoxy groups -OCH3 is 1. The summed E-state index contributed by atoms with van der Waals surface area (Å²) in [6.07, 6.45) is 6.28. The van der Waals surface area contributed by atoms with Gasteiger partial charge in [-0.25, -0.2) is 0 Å². The van der Waals surface area contributed by atoms with Crippen LogP contribution in [0.3, 0.4) is 0 Å². The fourth-order valence-corrected chi connectivity index (χ4v) is 2.06. The van der Waals surface area contributed by atoms with E-state index in [9.17, 15) is 4.79 Å². The van der Waals surface area contributed by atoms with Crippen molar-refractivity contribution in [3.8, 4) is 0 Å². The van der Waals surface area contributed by atoms with Crippen molar-refractivity contribution in [2.24, 2.45) is 0 Å². The van der Waals surface area contributed by atoms with Gasteiger partial charge < -0.3 is 20.1 Å². The number of nitrogens with one attached hydrogen (secondary N) is 2. The highest BCUT2D eigenvalue weighted by atomic mass is 16.5. The Bertz CT molecular complexity index is 218. The largest absolute Gasteiger partial charge is 0.385 e. The van der Waals surface area contributed by atoms with Crippen LogP contribution in [0.2, 0.25) is 0 Å². The molecule has 1 aliphatic rings. The lowest BCUT2D eigenvalue weighted by atomic mass is 10.3. The summed E-state index contributed by atoms with van der Waals surface area (Å²) < 4.78 is 10.6. The van der Waals surface area contributed by atoms with Crippen LogP contribution in [0, 0.1) is 0 Å². The molecular formula is C13H26N2O3. The molecule has 0 aromatic heterocycles. The Morgan fingerprint density at radius 3 is 2.72 bits per heavy atom. The Kier molecular flexibility index (Phi) is 8.81. The molecular weight excluding hydrogens is 232 g/mol.